The van der Waals surface area contributed by atoms with E-state index in [-0.39, 0.29) is 11.3 Å². The summed E-state index contributed by atoms with van der Waals surface area (Å²) in [6.45, 7) is 1.88. The molecule has 6 heteroatoms. The fourth-order valence-electron chi connectivity index (χ4n) is 1.92. The van der Waals surface area contributed by atoms with Crippen molar-refractivity contribution < 1.29 is 14.6 Å². The summed E-state index contributed by atoms with van der Waals surface area (Å²) in [6.07, 6.45) is 0. The van der Waals surface area contributed by atoms with Crippen molar-refractivity contribution in [2.24, 2.45) is 0 Å². The molecular weight excluding hydrogens is 292 g/mol. The van der Waals surface area contributed by atoms with Crippen molar-refractivity contribution >= 4 is 34.6 Å². The Morgan fingerprint density at radius 1 is 1.33 bits per heavy atom. The quantitative estimate of drug-likeness (QED) is 0.750. The van der Waals surface area contributed by atoms with Gasteiger partial charge < -0.3 is 20.9 Å². The zero-order valence-corrected chi connectivity index (χ0v) is 12.4. The number of carbonyl (C=O) groups is 1. The average Bonchev–Trinajstić information content (AvgIpc) is 2.42. The molecular formula is C15H15ClN2O3. The molecule has 0 aliphatic carbocycles. The van der Waals surface area contributed by atoms with Gasteiger partial charge in [-0.2, -0.15) is 0 Å². The summed E-state index contributed by atoms with van der Waals surface area (Å²) in [5, 5.41) is 12.7. The van der Waals surface area contributed by atoms with Gasteiger partial charge >= 0.3 is 5.97 Å². The molecule has 0 aromatic heterocycles. The summed E-state index contributed by atoms with van der Waals surface area (Å²) in [6, 6.07) is 8.22. The summed E-state index contributed by atoms with van der Waals surface area (Å²) < 4.78 is 5.27. The second-order valence-corrected chi connectivity index (χ2v) is 4.94. The van der Waals surface area contributed by atoms with Crippen molar-refractivity contribution in [3.63, 3.8) is 0 Å². The first kappa shape index (κ1) is 15.0. The first-order valence-electron chi connectivity index (χ1n) is 6.16. The number of aryl methyl sites for hydroxylation is 1. The monoisotopic (exact) mass is 306 g/mol. The molecule has 0 aliphatic heterocycles. The summed E-state index contributed by atoms with van der Waals surface area (Å²) in [7, 11) is 1.55. The van der Waals surface area contributed by atoms with Crippen LogP contribution in [0.15, 0.2) is 30.3 Å². The molecule has 4 N–H and O–H groups in total. The minimum Gasteiger partial charge on any atom is -0.495 e. The lowest BCUT2D eigenvalue weighted by Crippen LogP contribution is -2.03. The smallest absolute Gasteiger partial charge is 0.337 e. The maximum absolute atomic E-state index is 10.9. The van der Waals surface area contributed by atoms with E-state index in [0.717, 1.165) is 11.3 Å². The molecule has 0 heterocycles. The number of hydrogen-bond acceptors (Lipinski definition) is 4. The van der Waals surface area contributed by atoms with Gasteiger partial charge in [-0.25, -0.2) is 4.79 Å². The first-order chi connectivity index (χ1) is 9.92. The van der Waals surface area contributed by atoms with E-state index in [0.29, 0.717) is 16.5 Å². The molecule has 0 atom stereocenters. The zero-order chi connectivity index (χ0) is 15.6. The Balaban J connectivity index is 2.36. The average molecular weight is 307 g/mol. The standard InChI is InChI=1S/C15H15ClN2O3/c1-8-5-13(14(21-2)7-11(8)16)18-9-3-4-10(15(19)20)12(17)6-9/h3-7,18H,17H2,1-2H3,(H,19,20). The summed E-state index contributed by atoms with van der Waals surface area (Å²) in [4.78, 5) is 10.9. The number of aromatic carboxylic acids is 1. The molecule has 0 spiro atoms. The first-order valence-corrected chi connectivity index (χ1v) is 6.54. The Morgan fingerprint density at radius 2 is 2.05 bits per heavy atom. The molecule has 0 amide bonds. The SMILES string of the molecule is COc1cc(Cl)c(C)cc1Nc1ccc(C(=O)O)c(N)c1. The van der Waals surface area contributed by atoms with Crippen LogP contribution >= 0.6 is 11.6 Å². The van der Waals surface area contributed by atoms with Crippen LogP contribution in [0, 0.1) is 6.92 Å². The van der Waals surface area contributed by atoms with Gasteiger partial charge in [-0.3, -0.25) is 0 Å². The highest BCUT2D eigenvalue weighted by molar-refractivity contribution is 6.31. The van der Waals surface area contributed by atoms with Gasteiger partial charge in [0.2, 0.25) is 0 Å². The van der Waals surface area contributed by atoms with Crippen LogP contribution in [0.3, 0.4) is 0 Å². The highest BCUT2D eigenvalue weighted by Gasteiger charge is 2.10. The number of hydrogen-bond donors (Lipinski definition) is 3. The van der Waals surface area contributed by atoms with Crippen LogP contribution in [0.25, 0.3) is 0 Å². The van der Waals surface area contributed by atoms with E-state index in [1.54, 1.807) is 25.3 Å². The molecule has 0 unspecified atom stereocenters. The molecule has 21 heavy (non-hydrogen) atoms. The van der Waals surface area contributed by atoms with E-state index >= 15 is 0 Å². The minimum atomic E-state index is -1.06. The van der Waals surface area contributed by atoms with Gasteiger partial charge in [0.15, 0.2) is 0 Å². The molecule has 0 aliphatic rings. The Bertz CT molecular complexity index is 702. The lowest BCUT2D eigenvalue weighted by Gasteiger charge is -2.14. The van der Waals surface area contributed by atoms with Crippen LogP contribution in [0.4, 0.5) is 17.1 Å². The van der Waals surface area contributed by atoms with Crippen LogP contribution in [-0.2, 0) is 0 Å². The van der Waals surface area contributed by atoms with E-state index in [9.17, 15) is 4.79 Å². The van der Waals surface area contributed by atoms with Gasteiger partial charge in [-0.15, -0.1) is 0 Å². The molecule has 2 aromatic carbocycles. The van der Waals surface area contributed by atoms with Crippen molar-refractivity contribution in [1.29, 1.82) is 0 Å². The van der Waals surface area contributed by atoms with Crippen LogP contribution in [0.2, 0.25) is 5.02 Å². The highest BCUT2D eigenvalue weighted by atomic mass is 35.5. The van der Waals surface area contributed by atoms with Gasteiger partial charge in [0.1, 0.15) is 5.75 Å². The van der Waals surface area contributed by atoms with Crippen molar-refractivity contribution in [3.8, 4) is 5.75 Å². The molecule has 2 rings (SSSR count). The van der Waals surface area contributed by atoms with Gasteiger partial charge in [-0.05, 0) is 36.8 Å². The normalized spacial score (nSPS) is 10.2. The number of rotatable bonds is 4. The van der Waals surface area contributed by atoms with Crippen LogP contribution in [0.5, 0.6) is 5.75 Å². The third-order valence-electron chi connectivity index (χ3n) is 3.04. The molecule has 0 fully saturated rings. The third-order valence-corrected chi connectivity index (χ3v) is 3.45. The van der Waals surface area contributed by atoms with E-state index in [1.807, 2.05) is 13.0 Å². The number of nitrogens with one attached hydrogen (secondary N) is 1. The lowest BCUT2D eigenvalue weighted by molar-refractivity contribution is 0.0698. The fraction of sp³-hybridized carbons (Fsp3) is 0.133. The number of nitrogen functional groups attached to an aromatic ring is 1. The second-order valence-electron chi connectivity index (χ2n) is 4.53. The van der Waals surface area contributed by atoms with Crippen molar-refractivity contribution in [1.82, 2.24) is 0 Å². The number of ether oxygens (including phenoxy) is 1. The van der Waals surface area contributed by atoms with Crippen LogP contribution < -0.4 is 15.8 Å². The number of anilines is 3. The number of methoxy groups -OCH3 is 1. The lowest BCUT2D eigenvalue weighted by atomic mass is 10.1. The van der Waals surface area contributed by atoms with Gasteiger partial charge in [0.05, 0.1) is 18.4 Å². The number of carboxylic acid groups (broad SMARTS) is 1. The predicted octanol–water partition coefficient (Wildman–Crippen LogP) is 3.68. The minimum absolute atomic E-state index is 0.0693. The van der Waals surface area contributed by atoms with Gasteiger partial charge in [0, 0.05) is 22.5 Å². The maximum atomic E-state index is 10.9. The van der Waals surface area contributed by atoms with E-state index in [1.165, 1.54) is 6.07 Å². The molecule has 0 bridgehead atoms. The number of carboxylic acids is 1. The third kappa shape index (κ3) is 3.20. The van der Waals surface area contributed by atoms with E-state index < -0.39 is 5.97 Å². The van der Waals surface area contributed by atoms with Crippen molar-refractivity contribution in [3.05, 3.63) is 46.5 Å². The van der Waals surface area contributed by atoms with Gasteiger partial charge in [-0.1, -0.05) is 11.6 Å². The fourth-order valence-corrected chi connectivity index (χ4v) is 2.07. The number of benzene rings is 2. The summed E-state index contributed by atoms with van der Waals surface area (Å²) >= 11 is 6.06. The molecule has 0 saturated heterocycles. The number of halogens is 1. The molecule has 0 radical (unpaired) electrons. The number of nitrogens with two attached hydrogens (primary N) is 1. The Kier molecular flexibility index (Phi) is 4.23. The van der Waals surface area contributed by atoms with E-state index in [4.69, 9.17) is 27.2 Å². The van der Waals surface area contributed by atoms with Crippen LogP contribution in [0.1, 0.15) is 15.9 Å². The second kappa shape index (κ2) is 5.93. The van der Waals surface area contributed by atoms with Crippen molar-refractivity contribution in [2.75, 3.05) is 18.2 Å². The summed E-state index contributed by atoms with van der Waals surface area (Å²) in [5.74, 6) is -0.467. The molecule has 0 saturated carbocycles. The molecule has 2 aromatic rings. The molecule has 110 valence electrons. The Labute approximate surface area is 127 Å². The Morgan fingerprint density at radius 3 is 2.62 bits per heavy atom. The largest absolute Gasteiger partial charge is 0.495 e. The van der Waals surface area contributed by atoms with Crippen LogP contribution in [-0.4, -0.2) is 18.2 Å². The van der Waals surface area contributed by atoms with E-state index in [2.05, 4.69) is 5.32 Å². The van der Waals surface area contributed by atoms with Gasteiger partial charge in [0.25, 0.3) is 0 Å². The van der Waals surface area contributed by atoms with Crippen molar-refractivity contribution in [2.45, 2.75) is 6.92 Å². The maximum Gasteiger partial charge on any atom is 0.337 e. The summed E-state index contributed by atoms with van der Waals surface area (Å²) in [5.41, 5.74) is 8.27. The molecule has 5 nitrogen and oxygen atoms in total. The predicted molar refractivity (Wildman–Crippen MR) is 83.8 cm³/mol. The highest BCUT2D eigenvalue weighted by Crippen LogP contribution is 2.33. The zero-order valence-electron chi connectivity index (χ0n) is 11.6. The Hall–Kier alpha value is -2.40. The topological polar surface area (TPSA) is 84.6 Å².